The number of hydrogen-bond donors (Lipinski definition) is 0. The van der Waals surface area contributed by atoms with Crippen LogP contribution in [0.25, 0.3) is 0 Å². The topological polar surface area (TPSA) is 20.3 Å². The van der Waals surface area contributed by atoms with Gasteiger partial charge in [-0.1, -0.05) is 49.4 Å². The Morgan fingerprint density at radius 3 is 2.65 bits per heavy atom. The molecular formula is C18H25NO. The smallest absolute Gasteiger partial charge is 0.226 e. The van der Waals surface area contributed by atoms with Crippen molar-refractivity contribution in [2.45, 2.75) is 52.1 Å². The summed E-state index contributed by atoms with van der Waals surface area (Å²) in [6, 6.07) is 10.6. The van der Waals surface area contributed by atoms with Gasteiger partial charge in [-0.05, 0) is 38.2 Å². The highest BCUT2D eigenvalue weighted by Crippen LogP contribution is 2.23. The minimum absolute atomic E-state index is 0.178. The summed E-state index contributed by atoms with van der Waals surface area (Å²) in [7, 11) is 0. The minimum atomic E-state index is 0.178. The Bertz CT molecular complexity index is 452. The van der Waals surface area contributed by atoms with E-state index in [4.69, 9.17) is 0 Å². The van der Waals surface area contributed by atoms with Crippen molar-refractivity contribution in [3.05, 3.63) is 48.0 Å². The predicted molar refractivity (Wildman–Crippen MR) is 83.2 cm³/mol. The molecule has 0 bridgehead atoms. The van der Waals surface area contributed by atoms with Crippen molar-refractivity contribution in [1.82, 2.24) is 4.90 Å². The lowest BCUT2D eigenvalue weighted by Gasteiger charge is -2.32. The van der Waals surface area contributed by atoms with Gasteiger partial charge >= 0.3 is 0 Å². The van der Waals surface area contributed by atoms with E-state index in [0.29, 0.717) is 11.9 Å². The molecule has 2 nitrogen and oxygen atoms in total. The third-order valence-corrected chi connectivity index (χ3v) is 4.22. The van der Waals surface area contributed by atoms with E-state index in [1.807, 2.05) is 18.2 Å². The standard InChI is InChI=1S/C18H25NO/c1-3-15(2)19(14-16-10-6-4-7-11-16)18(20)17-12-8-5-9-13-17/h4-8,10-11,15,17H,3,9,12-14H2,1-2H3. The summed E-state index contributed by atoms with van der Waals surface area (Å²) in [5.41, 5.74) is 1.22. The number of carbonyl (C=O) groups is 1. The van der Waals surface area contributed by atoms with Crippen LogP contribution in [-0.4, -0.2) is 16.8 Å². The molecule has 1 aliphatic carbocycles. The third kappa shape index (κ3) is 3.72. The van der Waals surface area contributed by atoms with Crippen LogP contribution < -0.4 is 0 Å². The molecule has 2 heteroatoms. The molecule has 0 radical (unpaired) electrons. The predicted octanol–water partition coefficient (Wildman–Crippen LogP) is 4.17. The van der Waals surface area contributed by atoms with Crippen LogP contribution in [0.5, 0.6) is 0 Å². The van der Waals surface area contributed by atoms with Gasteiger partial charge in [0.2, 0.25) is 5.91 Å². The molecule has 1 aromatic carbocycles. The second-order valence-electron chi connectivity index (χ2n) is 5.69. The number of hydrogen-bond acceptors (Lipinski definition) is 1. The molecule has 1 aromatic rings. The van der Waals surface area contributed by atoms with Crippen LogP contribution in [0, 0.1) is 5.92 Å². The van der Waals surface area contributed by atoms with Crippen molar-refractivity contribution in [3.63, 3.8) is 0 Å². The fourth-order valence-corrected chi connectivity index (χ4v) is 2.70. The summed E-state index contributed by atoms with van der Waals surface area (Å²) < 4.78 is 0. The summed E-state index contributed by atoms with van der Waals surface area (Å²) in [5, 5.41) is 0. The van der Waals surface area contributed by atoms with Crippen molar-refractivity contribution in [3.8, 4) is 0 Å². The first-order valence-electron chi connectivity index (χ1n) is 7.71. The molecule has 2 atom stereocenters. The molecule has 0 saturated carbocycles. The lowest BCUT2D eigenvalue weighted by atomic mass is 9.92. The van der Waals surface area contributed by atoms with E-state index in [2.05, 4.69) is 43.0 Å². The summed E-state index contributed by atoms with van der Waals surface area (Å²) in [4.78, 5) is 14.9. The number of rotatable bonds is 5. The maximum atomic E-state index is 12.8. The van der Waals surface area contributed by atoms with E-state index in [1.165, 1.54) is 5.56 Å². The van der Waals surface area contributed by atoms with Gasteiger partial charge in [-0.3, -0.25) is 4.79 Å². The van der Waals surface area contributed by atoms with E-state index in [0.717, 1.165) is 32.2 Å². The summed E-state index contributed by atoms with van der Waals surface area (Å²) in [6.45, 7) is 5.03. The third-order valence-electron chi connectivity index (χ3n) is 4.22. The van der Waals surface area contributed by atoms with Gasteiger partial charge in [-0.2, -0.15) is 0 Å². The van der Waals surface area contributed by atoms with Crippen LogP contribution in [-0.2, 0) is 11.3 Å². The van der Waals surface area contributed by atoms with Crippen LogP contribution in [0.3, 0.4) is 0 Å². The molecule has 0 aromatic heterocycles. The summed E-state index contributed by atoms with van der Waals surface area (Å²) >= 11 is 0. The van der Waals surface area contributed by atoms with Crippen LogP contribution in [0.2, 0.25) is 0 Å². The molecule has 2 unspecified atom stereocenters. The Morgan fingerprint density at radius 2 is 2.05 bits per heavy atom. The van der Waals surface area contributed by atoms with E-state index in [1.54, 1.807) is 0 Å². The Kier molecular flexibility index (Phi) is 5.40. The Labute approximate surface area is 122 Å². The Hall–Kier alpha value is -1.57. The maximum absolute atomic E-state index is 12.8. The molecule has 0 spiro atoms. The molecule has 0 fully saturated rings. The molecule has 0 heterocycles. The number of amides is 1. The first-order valence-corrected chi connectivity index (χ1v) is 7.71. The quantitative estimate of drug-likeness (QED) is 0.736. The van der Waals surface area contributed by atoms with Crippen LogP contribution >= 0.6 is 0 Å². The van der Waals surface area contributed by atoms with Gasteiger partial charge in [0, 0.05) is 18.5 Å². The lowest BCUT2D eigenvalue weighted by molar-refractivity contribution is -0.138. The zero-order valence-corrected chi connectivity index (χ0v) is 12.6. The van der Waals surface area contributed by atoms with Gasteiger partial charge < -0.3 is 4.90 Å². The fraction of sp³-hybridized carbons (Fsp3) is 0.500. The zero-order chi connectivity index (χ0) is 14.4. The molecule has 20 heavy (non-hydrogen) atoms. The van der Waals surface area contributed by atoms with Crippen molar-refractivity contribution in [2.75, 3.05) is 0 Å². The molecule has 2 rings (SSSR count). The number of allylic oxidation sites excluding steroid dienone is 2. The number of nitrogens with zero attached hydrogens (tertiary/aromatic N) is 1. The second-order valence-corrected chi connectivity index (χ2v) is 5.69. The average molecular weight is 271 g/mol. The SMILES string of the molecule is CCC(C)N(Cc1ccccc1)C(=O)C1CC=CCC1. The average Bonchev–Trinajstić information content (AvgIpc) is 2.53. The van der Waals surface area contributed by atoms with Gasteiger partial charge in [0.25, 0.3) is 0 Å². The van der Waals surface area contributed by atoms with Crippen molar-refractivity contribution >= 4 is 5.91 Å². The monoisotopic (exact) mass is 271 g/mol. The van der Waals surface area contributed by atoms with Gasteiger partial charge in [-0.15, -0.1) is 0 Å². The van der Waals surface area contributed by atoms with Crippen molar-refractivity contribution < 1.29 is 4.79 Å². The van der Waals surface area contributed by atoms with E-state index in [9.17, 15) is 4.79 Å². The molecule has 0 N–H and O–H groups in total. The highest BCUT2D eigenvalue weighted by Gasteiger charge is 2.27. The summed E-state index contributed by atoms with van der Waals surface area (Å²) in [6.07, 6.45) is 8.28. The van der Waals surface area contributed by atoms with E-state index < -0.39 is 0 Å². The van der Waals surface area contributed by atoms with Gasteiger partial charge in [0.15, 0.2) is 0 Å². The van der Waals surface area contributed by atoms with Crippen molar-refractivity contribution in [1.29, 1.82) is 0 Å². The molecule has 1 aliphatic rings. The normalized spacial score (nSPS) is 19.6. The Balaban J connectivity index is 2.10. The Morgan fingerprint density at radius 1 is 1.30 bits per heavy atom. The zero-order valence-electron chi connectivity index (χ0n) is 12.6. The van der Waals surface area contributed by atoms with Crippen LogP contribution in [0.4, 0.5) is 0 Å². The number of carbonyl (C=O) groups excluding carboxylic acids is 1. The second kappa shape index (κ2) is 7.28. The largest absolute Gasteiger partial charge is 0.335 e. The first kappa shape index (κ1) is 14.8. The fourth-order valence-electron chi connectivity index (χ4n) is 2.70. The minimum Gasteiger partial charge on any atom is -0.335 e. The molecule has 0 saturated heterocycles. The highest BCUT2D eigenvalue weighted by atomic mass is 16.2. The van der Waals surface area contributed by atoms with Crippen molar-refractivity contribution in [2.24, 2.45) is 5.92 Å². The van der Waals surface area contributed by atoms with E-state index >= 15 is 0 Å². The molecule has 1 amide bonds. The van der Waals surface area contributed by atoms with Gasteiger partial charge in [0.1, 0.15) is 0 Å². The van der Waals surface area contributed by atoms with Crippen LogP contribution in [0.15, 0.2) is 42.5 Å². The van der Waals surface area contributed by atoms with Gasteiger partial charge in [0.05, 0.1) is 0 Å². The van der Waals surface area contributed by atoms with Crippen LogP contribution in [0.1, 0.15) is 45.1 Å². The summed E-state index contributed by atoms with van der Waals surface area (Å²) in [5.74, 6) is 0.505. The molecule has 108 valence electrons. The maximum Gasteiger partial charge on any atom is 0.226 e. The molecular weight excluding hydrogens is 246 g/mol. The first-order chi connectivity index (χ1) is 9.72. The highest BCUT2D eigenvalue weighted by molar-refractivity contribution is 5.79. The number of benzene rings is 1. The lowest BCUT2D eigenvalue weighted by Crippen LogP contribution is -2.41. The van der Waals surface area contributed by atoms with E-state index in [-0.39, 0.29) is 5.92 Å². The molecule has 0 aliphatic heterocycles. The van der Waals surface area contributed by atoms with Gasteiger partial charge in [-0.25, -0.2) is 0 Å².